The van der Waals surface area contributed by atoms with E-state index in [-0.39, 0.29) is 4.90 Å². The molecule has 0 aromatic heterocycles. The number of sulfonamides is 1. The minimum Gasteiger partial charge on any atom is -0.316 e. The zero-order valence-corrected chi connectivity index (χ0v) is 13.3. The predicted octanol–water partition coefficient (Wildman–Crippen LogP) is 2.26. The second kappa shape index (κ2) is 6.85. The molecule has 2 N–H and O–H groups in total. The van der Waals surface area contributed by atoms with Crippen LogP contribution < -0.4 is 10.0 Å². The van der Waals surface area contributed by atoms with Crippen molar-refractivity contribution in [1.82, 2.24) is 10.0 Å². The lowest BCUT2D eigenvalue weighted by Gasteiger charge is -2.13. The van der Waals surface area contributed by atoms with E-state index in [1.54, 1.807) is 7.05 Å². The maximum atomic E-state index is 13.6. The fourth-order valence-corrected chi connectivity index (χ4v) is 4.03. The van der Waals surface area contributed by atoms with Gasteiger partial charge in [-0.1, -0.05) is 13.3 Å². The zero-order chi connectivity index (χ0) is 15.5. The lowest BCUT2D eigenvalue weighted by molar-refractivity contribution is 0.498. The minimum absolute atomic E-state index is 0.125. The first-order valence-electron chi connectivity index (χ1n) is 7.35. The van der Waals surface area contributed by atoms with Crippen LogP contribution in [0.4, 0.5) is 4.39 Å². The standard InChI is InChI=1S/C15H23FN2O2S/c1-11-3-4-12(7-11)9-18-21(19,20)14-5-6-15(16)13(8-14)10-17-2/h5-6,8,11-12,17-18H,3-4,7,9-10H2,1-2H3. The Kier molecular flexibility index (Phi) is 5.35. The number of nitrogens with one attached hydrogen (secondary N) is 2. The van der Waals surface area contributed by atoms with Gasteiger partial charge in [-0.15, -0.1) is 0 Å². The van der Waals surface area contributed by atoms with Gasteiger partial charge in [-0.2, -0.15) is 0 Å². The Labute approximate surface area is 126 Å². The summed E-state index contributed by atoms with van der Waals surface area (Å²) in [6.07, 6.45) is 3.30. The molecular formula is C15H23FN2O2S. The van der Waals surface area contributed by atoms with Crippen LogP contribution in [0.5, 0.6) is 0 Å². The third kappa shape index (κ3) is 4.25. The van der Waals surface area contributed by atoms with Gasteiger partial charge in [0, 0.05) is 18.7 Å². The van der Waals surface area contributed by atoms with Crippen molar-refractivity contribution in [3.05, 3.63) is 29.6 Å². The molecule has 0 heterocycles. The van der Waals surface area contributed by atoms with Crippen LogP contribution in [-0.4, -0.2) is 22.0 Å². The Morgan fingerprint density at radius 1 is 1.33 bits per heavy atom. The molecule has 1 saturated carbocycles. The molecule has 0 saturated heterocycles. The highest BCUT2D eigenvalue weighted by molar-refractivity contribution is 7.89. The number of benzene rings is 1. The monoisotopic (exact) mass is 314 g/mol. The number of rotatable bonds is 6. The Balaban J connectivity index is 2.06. The average Bonchev–Trinajstić information content (AvgIpc) is 2.85. The molecule has 2 atom stereocenters. The Bertz CT molecular complexity index is 589. The lowest BCUT2D eigenvalue weighted by atomic mass is 10.1. The van der Waals surface area contributed by atoms with Gasteiger partial charge in [-0.25, -0.2) is 17.5 Å². The lowest BCUT2D eigenvalue weighted by Crippen LogP contribution is -2.28. The molecule has 1 aromatic rings. The topological polar surface area (TPSA) is 58.2 Å². The summed E-state index contributed by atoms with van der Waals surface area (Å²) >= 11 is 0. The van der Waals surface area contributed by atoms with Gasteiger partial charge in [-0.05, 0) is 49.9 Å². The van der Waals surface area contributed by atoms with Gasteiger partial charge < -0.3 is 5.32 Å². The van der Waals surface area contributed by atoms with Crippen LogP contribution in [0.3, 0.4) is 0 Å². The highest BCUT2D eigenvalue weighted by Crippen LogP contribution is 2.30. The van der Waals surface area contributed by atoms with Crippen molar-refractivity contribution in [3.63, 3.8) is 0 Å². The van der Waals surface area contributed by atoms with E-state index in [1.807, 2.05) is 0 Å². The van der Waals surface area contributed by atoms with Crippen molar-refractivity contribution in [2.45, 2.75) is 37.6 Å². The van der Waals surface area contributed by atoms with Crippen molar-refractivity contribution in [2.75, 3.05) is 13.6 Å². The van der Waals surface area contributed by atoms with E-state index >= 15 is 0 Å². The summed E-state index contributed by atoms with van der Waals surface area (Å²) in [7, 11) is -1.87. The van der Waals surface area contributed by atoms with E-state index in [2.05, 4.69) is 17.0 Å². The molecule has 0 aliphatic heterocycles. The average molecular weight is 314 g/mol. The van der Waals surface area contributed by atoms with Crippen LogP contribution in [0.2, 0.25) is 0 Å². The van der Waals surface area contributed by atoms with Crippen LogP contribution in [0, 0.1) is 17.7 Å². The summed E-state index contributed by atoms with van der Waals surface area (Å²) in [5.74, 6) is 0.687. The van der Waals surface area contributed by atoms with Gasteiger partial charge in [0.15, 0.2) is 0 Å². The first kappa shape index (κ1) is 16.4. The predicted molar refractivity (Wildman–Crippen MR) is 80.9 cm³/mol. The fraction of sp³-hybridized carbons (Fsp3) is 0.600. The third-order valence-corrected chi connectivity index (χ3v) is 5.48. The van der Waals surface area contributed by atoms with Gasteiger partial charge in [0.2, 0.25) is 10.0 Å². The molecule has 0 radical (unpaired) electrons. The molecule has 2 rings (SSSR count). The van der Waals surface area contributed by atoms with Gasteiger partial charge >= 0.3 is 0 Å². The molecule has 0 spiro atoms. The quantitative estimate of drug-likeness (QED) is 0.847. The third-order valence-electron chi connectivity index (χ3n) is 4.06. The minimum atomic E-state index is -3.57. The fourth-order valence-electron chi connectivity index (χ4n) is 2.87. The summed E-state index contributed by atoms with van der Waals surface area (Å²) in [5.41, 5.74) is 0.356. The van der Waals surface area contributed by atoms with Crippen LogP contribution in [-0.2, 0) is 16.6 Å². The van der Waals surface area contributed by atoms with Crippen LogP contribution in [0.1, 0.15) is 31.7 Å². The van der Waals surface area contributed by atoms with E-state index in [0.717, 1.165) is 19.3 Å². The van der Waals surface area contributed by atoms with E-state index < -0.39 is 15.8 Å². The Morgan fingerprint density at radius 3 is 2.71 bits per heavy atom. The van der Waals surface area contributed by atoms with Crippen molar-refractivity contribution >= 4 is 10.0 Å². The summed E-state index contributed by atoms with van der Waals surface area (Å²) in [6.45, 7) is 2.96. The van der Waals surface area contributed by atoms with E-state index in [1.165, 1.54) is 18.2 Å². The van der Waals surface area contributed by atoms with Crippen LogP contribution >= 0.6 is 0 Å². The van der Waals surface area contributed by atoms with Gasteiger partial charge in [-0.3, -0.25) is 0 Å². The summed E-state index contributed by atoms with van der Waals surface area (Å²) < 4.78 is 40.8. The summed E-state index contributed by atoms with van der Waals surface area (Å²) in [4.78, 5) is 0.125. The molecule has 1 fully saturated rings. The largest absolute Gasteiger partial charge is 0.316 e. The molecule has 21 heavy (non-hydrogen) atoms. The maximum absolute atomic E-state index is 13.6. The normalized spacial score (nSPS) is 22.6. The Morgan fingerprint density at radius 2 is 2.10 bits per heavy atom. The van der Waals surface area contributed by atoms with E-state index in [4.69, 9.17) is 0 Å². The molecule has 2 unspecified atom stereocenters. The van der Waals surface area contributed by atoms with Gasteiger partial charge in [0.25, 0.3) is 0 Å². The van der Waals surface area contributed by atoms with Crippen LogP contribution in [0.15, 0.2) is 23.1 Å². The molecule has 1 aromatic carbocycles. The van der Waals surface area contributed by atoms with Gasteiger partial charge in [0.05, 0.1) is 4.90 Å². The van der Waals surface area contributed by atoms with Crippen molar-refractivity contribution in [2.24, 2.45) is 11.8 Å². The van der Waals surface area contributed by atoms with Gasteiger partial charge in [0.1, 0.15) is 5.82 Å². The van der Waals surface area contributed by atoms with Crippen molar-refractivity contribution in [3.8, 4) is 0 Å². The SMILES string of the molecule is CNCc1cc(S(=O)(=O)NCC2CCC(C)C2)ccc1F. The molecule has 118 valence electrons. The molecule has 1 aliphatic rings. The molecule has 0 bridgehead atoms. The highest BCUT2D eigenvalue weighted by Gasteiger charge is 2.24. The maximum Gasteiger partial charge on any atom is 0.240 e. The smallest absolute Gasteiger partial charge is 0.240 e. The highest BCUT2D eigenvalue weighted by atomic mass is 32.2. The summed E-state index contributed by atoms with van der Waals surface area (Å²) in [6, 6.07) is 3.92. The zero-order valence-electron chi connectivity index (χ0n) is 12.5. The Hall–Kier alpha value is -0.980. The number of hydrogen-bond acceptors (Lipinski definition) is 3. The van der Waals surface area contributed by atoms with E-state index in [0.29, 0.717) is 30.5 Å². The number of hydrogen-bond donors (Lipinski definition) is 2. The van der Waals surface area contributed by atoms with E-state index in [9.17, 15) is 12.8 Å². The van der Waals surface area contributed by atoms with Crippen LogP contribution in [0.25, 0.3) is 0 Å². The molecule has 4 nitrogen and oxygen atoms in total. The molecule has 1 aliphatic carbocycles. The molecule has 6 heteroatoms. The number of halogens is 1. The summed E-state index contributed by atoms with van der Waals surface area (Å²) in [5, 5.41) is 2.83. The molecule has 0 amide bonds. The second-order valence-electron chi connectivity index (χ2n) is 5.92. The van der Waals surface area contributed by atoms with Crippen molar-refractivity contribution in [1.29, 1.82) is 0 Å². The first-order valence-corrected chi connectivity index (χ1v) is 8.83. The second-order valence-corrected chi connectivity index (χ2v) is 7.69. The molecular weight excluding hydrogens is 291 g/mol. The first-order chi connectivity index (χ1) is 9.92. The van der Waals surface area contributed by atoms with Crippen molar-refractivity contribution < 1.29 is 12.8 Å².